The Bertz CT molecular complexity index is 5190. The van der Waals surface area contributed by atoms with Gasteiger partial charge < -0.3 is 122 Å². The van der Waals surface area contributed by atoms with Crippen molar-refractivity contribution >= 4 is 134 Å². The summed E-state index contributed by atoms with van der Waals surface area (Å²) in [6.45, 7) is 0.724. The number of nitrogens with one attached hydrogen (secondary N) is 11. The number of piperidine rings is 1. The molecule has 4 aliphatic heterocycles. The molecule has 3 saturated heterocycles. The number of carbonyl (C=O) groups excluding carboxylic acids is 16. The minimum atomic E-state index is -1.82. The minimum Gasteiger partial charge on any atom is -0.508 e. The highest BCUT2D eigenvalue weighted by molar-refractivity contribution is 8.00. The maximum absolute atomic E-state index is 15.7. The number of likely N-dealkylation sites (N-methyl/N-ethyl adjacent to an activating group) is 1. The molecule has 15 atom stereocenters. The number of hydrogen-bond donors (Lipinski definition) is 19. The number of carboxylic acids is 1. The first-order chi connectivity index (χ1) is 63.7. The van der Waals surface area contributed by atoms with Gasteiger partial charge in [0.2, 0.25) is 94.5 Å². The molecule has 0 aliphatic carbocycles. The molecule has 24 N–H and O–H groups in total. The van der Waals surface area contributed by atoms with Crippen molar-refractivity contribution in [1.82, 2.24) is 98.0 Å². The average Bonchev–Trinajstić information content (AvgIpc) is 1.75. The van der Waals surface area contributed by atoms with Crippen LogP contribution in [0.25, 0.3) is 21.7 Å². The molecule has 0 spiro atoms. The number of H-pyrrole nitrogens is 1. The number of aromatic amines is 1. The predicted molar refractivity (Wildman–Crippen MR) is 482 cm³/mol. The van der Waals surface area contributed by atoms with Crippen molar-refractivity contribution in [2.45, 2.75) is 227 Å². The standard InChI is InChI=1S/C88H120N24O20S/c1-4-6-22-66-81(125)102-64(42-91)80(124)104-65(76(120)95-44-72(93)116)46-133-47-73(117)96-61(36-48-26-28-52(113)29-27-48)86(130)109-34-13-12-24-67(109)82(126)101-62(40-71(92)115)87(131)110-35-15-25-68(110)83(127)103-63(41-90)79(123)98-58(30-31-74(118)119)85(129)111-45-53(114)39-70(111)84(128)100-60(38-51-43-94-56-21-11-10-20-55(51)56)78(122)97-57(32-33-89)77(121)99-59(37-50-18-14-17-49-16-8-9-19-54(49)50)75-105-106-107-112(75)69(23-7-5-2)88(132)108(66)3/h8-11,14,16-21,26-29,43,53,57-70,94,113-114H,4-7,12-13,15,22-25,30-42,44-47,89-91H2,1-3H3,(H2,92,115)(H2,93,116)(H,95,120)(H,96,117)(H,97,122)(H,98,123)(H,99,121)(H,100,128)(H,101,126)(H,102,125)(H,103,127)(H,104,124)(H,118,119)/t53-,57+,58+,59+,60+,61+,62+,63+,64+,65+,66+,67+,68+,69+,70+/m1/s1. The number of phenols is 1. The molecule has 2 aromatic heterocycles. The van der Waals surface area contributed by atoms with Crippen LogP contribution in [-0.2, 0) is 101 Å². The quantitative estimate of drug-likeness (QED) is 0.0276. The van der Waals surface area contributed by atoms with Crippen LogP contribution in [0.5, 0.6) is 5.75 Å². The predicted octanol–water partition coefficient (Wildman–Crippen LogP) is -3.79. The molecule has 45 heteroatoms. The van der Waals surface area contributed by atoms with Crippen molar-refractivity contribution in [2.24, 2.45) is 28.7 Å². The van der Waals surface area contributed by atoms with Gasteiger partial charge in [-0.05, 0) is 120 Å². The summed E-state index contributed by atoms with van der Waals surface area (Å²) in [7, 11) is 1.38. The first kappa shape index (κ1) is 102. The number of tetrazole rings is 1. The number of unbranched alkanes of at least 4 members (excludes halogenated alkanes) is 2. The maximum atomic E-state index is 15.7. The monoisotopic (exact) mass is 1860 g/mol. The number of aliphatic hydroxyl groups is 1. The number of benzene rings is 4. The topological polar surface area (TPSA) is 674 Å². The molecule has 4 aromatic carbocycles. The van der Waals surface area contributed by atoms with Gasteiger partial charge in [-0.2, -0.15) is 0 Å². The summed E-state index contributed by atoms with van der Waals surface area (Å²) in [4.78, 5) is 254. The highest BCUT2D eigenvalue weighted by Gasteiger charge is 2.47. The molecule has 0 unspecified atom stereocenters. The second-order valence-electron chi connectivity index (χ2n) is 33.6. The molecule has 6 aromatic rings. The minimum absolute atomic E-state index is 0.0118. The zero-order valence-corrected chi connectivity index (χ0v) is 75.2. The number of nitrogens with two attached hydrogens (primary N) is 5. The number of hydrogen-bond acceptors (Lipinski definition) is 26. The fourth-order valence-corrected chi connectivity index (χ4v) is 17.9. The summed E-state index contributed by atoms with van der Waals surface area (Å²) in [6, 6.07) is 3.98. The number of aromatic nitrogens is 5. The van der Waals surface area contributed by atoms with Crippen LogP contribution in [0.2, 0.25) is 0 Å². The third-order valence-electron chi connectivity index (χ3n) is 24.0. The van der Waals surface area contributed by atoms with Gasteiger partial charge in [-0.25, -0.2) is 4.68 Å². The molecule has 44 nitrogen and oxygen atoms in total. The lowest BCUT2D eigenvalue weighted by Gasteiger charge is -2.38. The molecular formula is C88H120N24O20S. The summed E-state index contributed by atoms with van der Waals surface area (Å²) in [5, 5.41) is 73.2. The van der Waals surface area contributed by atoms with E-state index in [0.717, 1.165) is 32.3 Å². The van der Waals surface area contributed by atoms with E-state index in [4.69, 9.17) is 28.7 Å². The van der Waals surface area contributed by atoms with Gasteiger partial charge in [0.1, 0.15) is 84.3 Å². The number of phenolic OH excluding ortho intramolecular Hbond substituents is 1. The zero-order valence-electron chi connectivity index (χ0n) is 74.4. The Morgan fingerprint density at radius 1 is 0.534 bits per heavy atom. The van der Waals surface area contributed by atoms with Gasteiger partial charge in [-0.3, -0.25) is 81.5 Å². The van der Waals surface area contributed by atoms with Crippen LogP contribution in [0.4, 0.5) is 0 Å². The van der Waals surface area contributed by atoms with Gasteiger partial charge in [0.05, 0.1) is 30.9 Å². The van der Waals surface area contributed by atoms with Gasteiger partial charge in [-0.1, -0.05) is 112 Å². The van der Waals surface area contributed by atoms with E-state index in [2.05, 4.69) is 73.7 Å². The van der Waals surface area contributed by atoms with Gasteiger partial charge in [0.15, 0.2) is 5.82 Å². The molecule has 10 rings (SSSR count). The number of nitrogens with zero attached hydrogens (tertiary/aromatic N) is 8. The molecule has 4 aliphatic rings. The van der Waals surface area contributed by atoms with E-state index in [0.29, 0.717) is 66.1 Å². The largest absolute Gasteiger partial charge is 0.508 e. The third kappa shape index (κ3) is 27.2. The Morgan fingerprint density at radius 3 is 1.77 bits per heavy atom. The summed E-state index contributed by atoms with van der Waals surface area (Å²) in [6.07, 6.45) is -0.771. The van der Waals surface area contributed by atoms with Gasteiger partial charge in [0.25, 0.3) is 0 Å². The van der Waals surface area contributed by atoms with Crippen molar-refractivity contribution in [3.05, 3.63) is 120 Å². The van der Waals surface area contributed by atoms with Crippen LogP contribution in [0.1, 0.15) is 151 Å². The van der Waals surface area contributed by atoms with E-state index in [1.165, 1.54) is 45.8 Å². The van der Waals surface area contributed by atoms with E-state index in [9.17, 15) is 63.3 Å². The van der Waals surface area contributed by atoms with Crippen molar-refractivity contribution in [2.75, 3.05) is 64.4 Å². The Labute approximate surface area is 770 Å². The van der Waals surface area contributed by atoms with Crippen molar-refractivity contribution in [3.63, 3.8) is 0 Å². The number of rotatable bonds is 24. The zero-order chi connectivity index (χ0) is 96.3. The molecule has 718 valence electrons. The van der Waals surface area contributed by atoms with E-state index in [1.54, 1.807) is 36.5 Å². The van der Waals surface area contributed by atoms with Gasteiger partial charge in [-0.15, -0.1) is 16.9 Å². The summed E-state index contributed by atoms with van der Waals surface area (Å²) in [5.41, 5.74) is 32.1. The Balaban J connectivity index is 1.02. The van der Waals surface area contributed by atoms with Crippen LogP contribution in [0.3, 0.4) is 0 Å². The summed E-state index contributed by atoms with van der Waals surface area (Å²) in [5.74, 6) is -17.8. The maximum Gasteiger partial charge on any atom is 0.303 e. The number of aromatic hydroxyl groups is 1. The van der Waals surface area contributed by atoms with E-state index < -0.39 is 255 Å². The number of aliphatic carboxylic acids is 1. The lowest BCUT2D eigenvalue weighted by Crippen LogP contribution is -2.62. The fourth-order valence-electron chi connectivity index (χ4n) is 17.0. The first-order valence-corrected chi connectivity index (χ1v) is 45.8. The molecule has 6 heterocycles. The van der Waals surface area contributed by atoms with Crippen LogP contribution < -0.4 is 81.8 Å². The first-order valence-electron chi connectivity index (χ1n) is 44.6. The molecule has 3 fully saturated rings. The number of carboxylic acid groups (broad SMARTS) is 1. The second kappa shape index (κ2) is 48.7. The van der Waals surface area contributed by atoms with Gasteiger partial charge >= 0.3 is 5.97 Å². The van der Waals surface area contributed by atoms with E-state index in [-0.39, 0.29) is 89.0 Å². The number of thioether (sulfide) groups is 1. The van der Waals surface area contributed by atoms with Crippen molar-refractivity contribution in [3.8, 4) is 5.75 Å². The number of aliphatic hydroxyl groups excluding tert-OH is 1. The SMILES string of the molecule is CCCC[C@H]1C(=O)N[C@@H](CN)C(=O)N[C@H](C(=O)NCC(N)=O)CSCC(=O)N[C@@H](Cc2ccc(O)cc2)C(=O)N2CCCC[C@H]2C(=O)N[C@@H](CC(N)=O)C(=O)N2CCC[C@H]2C(=O)N[C@@H](CN)C(=O)N[C@@H](CCC(=O)O)C(=O)N2C[C@H](O)C[C@H]2C(=O)N[C@@H](Cc2c[nH]c3ccccc23)C(=O)N[C@@H](CCN)C(=O)N[C@@H](Cc2cccc3ccccc23)c2nnnn2[C@@H](CCCC)C(=O)N1C. The molecule has 133 heavy (non-hydrogen) atoms. The third-order valence-corrected chi connectivity index (χ3v) is 25.1. The molecule has 0 bridgehead atoms. The summed E-state index contributed by atoms with van der Waals surface area (Å²) < 4.78 is 1.25. The molecule has 16 amide bonds. The Morgan fingerprint density at radius 2 is 1.10 bits per heavy atom. The van der Waals surface area contributed by atoms with Crippen LogP contribution in [-0.4, -0.2) is 304 Å². The second-order valence-corrected chi connectivity index (χ2v) is 34.6. The lowest BCUT2D eigenvalue weighted by molar-refractivity contribution is -0.147. The number of amides is 16. The van der Waals surface area contributed by atoms with Crippen molar-refractivity contribution in [1.29, 1.82) is 0 Å². The van der Waals surface area contributed by atoms with Crippen LogP contribution in [0.15, 0.2) is 97.2 Å². The smallest absolute Gasteiger partial charge is 0.303 e. The number of primary amides is 2. The summed E-state index contributed by atoms with van der Waals surface area (Å²) >= 11 is 0.778. The van der Waals surface area contributed by atoms with Gasteiger partial charge in [0, 0.05) is 94.7 Å². The Kier molecular flexibility index (Phi) is 37.3. The fraction of sp³-hybridized carbons (Fsp3) is 0.523. The molecule has 0 radical (unpaired) electrons. The van der Waals surface area contributed by atoms with E-state index >= 15 is 33.6 Å². The number of para-hydroxylation sites is 1. The van der Waals surface area contributed by atoms with Crippen molar-refractivity contribution < 1.29 is 96.8 Å². The number of fused-ring (bicyclic) bond motifs is 6. The highest BCUT2D eigenvalue weighted by Crippen LogP contribution is 2.31. The lowest BCUT2D eigenvalue weighted by atomic mass is 9.97. The number of carbonyl (C=O) groups is 17. The van der Waals surface area contributed by atoms with Crippen LogP contribution in [0, 0.1) is 0 Å². The Hall–Kier alpha value is -13.3. The normalized spacial score (nSPS) is 25.2. The highest BCUT2D eigenvalue weighted by atomic mass is 32.2. The van der Waals surface area contributed by atoms with Crippen LogP contribution >= 0.6 is 11.8 Å². The molecular weight excluding hydrogens is 1750 g/mol. The molecule has 0 saturated carbocycles. The average molecular weight is 1870 g/mol. The van der Waals surface area contributed by atoms with E-state index in [1.807, 2.05) is 50.2 Å².